The lowest BCUT2D eigenvalue weighted by Crippen LogP contribution is -2.22. The van der Waals surface area contributed by atoms with E-state index >= 15 is 0 Å². The van der Waals surface area contributed by atoms with E-state index in [0.29, 0.717) is 22.5 Å². The number of benzene rings is 5. The molecular weight excluding hydrogens is 731 g/mol. The number of hydrogen-bond donors (Lipinski definition) is 0. The van der Waals surface area contributed by atoms with E-state index in [0.717, 1.165) is 49.7 Å². The van der Waals surface area contributed by atoms with Crippen molar-refractivity contribution in [2.45, 2.75) is 52.4 Å². The Balaban J connectivity index is 1.19. The fraction of sp³-hybridized carbons (Fsp3) is 0.238. The standard InChI is InChI=1S/C42H36Cl2N2O8/c1-5-7-9-23-11-15-25(16-12-23)41(47)53-33-19-27-29(21-31(33)49-3)51-39-36(44)38-40(35(43)37(39)45-27)52-30-22-32(50-4)34(20-28(30)46-38)54-42(48)26-17-13-24(14-18-26)10-8-6-2/h11-22H,5-10H2,1-4H3. The molecule has 276 valence electrons. The SMILES string of the molecule is CCCCc1ccc(C(=O)Oc2cc3c(cc2OC)Oc2c(Cl)c4c(c(Cl)c2=N3)Oc2cc(OC)c(OC(=O)c3ccc(CCCC)cc3)cc2N=4)cc1. The average Bonchev–Trinajstić information content (AvgIpc) is 3.20. The van der Waals surface area contributed by atoms with Crippen LogP contribution in [-0.4, -0.2) is 26.2 Å². The van der Waals surface area contributed by atoms with Crippen molar-refractivity contribution in [3.8, 4) is 46.0 Å². The topological polar surface area (TPSA) is 114 Å². The summed E-state index contributed by atoms with van der Waals surface area (Å²) < 4.78 is 35.1. The minimum absolute atomic E-state index is 0.0823. The molecule has 0 unspecified atom stereocenters. The van der Waals surface area contributed by atoms with Gasteiger partial charge in [-0.25, -0.2) is 19.6 Å². The number of aryl methyl sites for hydroxylation is 2. The molecule has 10 nitrogen and oxygen atoms in total. The number of carbonyl (C=O) groups excluding carboxylic acids is 2. The van der Waals surface area contributed by atoms with Crippen LogP contribution in [0.15, 0.2) is 82.8 Å². The zero-order chi connectivity index (χ0) is 37.9. The Morgan fingerprint density at radius 1 is 0.593 bits per heavy atom. The van der Waals surface area contributed by atoms with Gasteiger partial charge in [-0.05, 0) is 61.1 Å². The van der Waals surface area contributed by atoms with Crippen molar-refractivity contribution < 1.29 is 38.0 Å². The fourth-order valence-electron chi connectivity index (χ4n) is 6.04. The molecular formula is C42H36Cl2N2O8. The van der Waals surface area contributed by atoms with Gasteiger partial charge in [0.05, 0.1) is 25.3 Å². The molecule has 12 heteroatoms. The number of unbranched alkanes of at least 4 members (excludes halogenated alkanes) is 2. The number of nitrogens with zero attached hydrogens (tertiary/aromatic N) is 2. The first-order chi connectivity index (χ1) is 26.2. The second-order valence-electron chi connectivity index (χ2n) is 12.7. The molecule has 54 heavy (non-hydrogen) atoms. The summed E-state index contributed by atoms with van der Waals surface area (Å²) in [6.07, 6.45) is 6.19. The maximum atomic E-state index is 13.1. The molecule has 5 aromatic carbocycles. The predicted molar refractivity (Wildman–Crippen MR) is 204 cm³/mol. The number of hydrogen-bond acceptors (Lipinski definition) is 10. The van der Waals surface area contributed by atoms with Crippen molar-refractivity contribution in [1.29, 1.82) is 0 Å². The Labute approximate surface area is 321 Å². The number of carbonyl (C=O) groups is 2. The van der Waals surface area contributed by atoms with E-state index in [1.165, 1.54) is 26.4 Å². The van der Waals surface area contributed by atoms with Crippen molar-refractivity contribution in [2.24, 2.45) is 9.98 Å². The molecule has 0 spiro atoms. The van der Waals surface area contributed by atoms with Gasteiger partial charge in [-0.3, -0.25) is 0 Å². The summed E-state index contributed by atoms with van der Waals surface area (Å²) in [5.74, 6) is 0.500. The first-order valence-corrected chi connectivity index (χ1v) is 18.4. The number of rotatable bonds is 12. The smallest absolute Gasteiger partial charge is 0.343 e. The van der Waals surface area contributed by atoms with Crippen LogP contribution in [0, 0.1) is 0 Å². The maximum absolute atomic E-state index is 13.1. The van der Waals surface area contributed by atoms with Crippen LogP contribution in [0.2, 0.25) is 10.0 Å². The summed E-state index contributed by atoms with van der Waals surface area (Å²) in [5, 5.41) is 0.544. The van der Waals surface area contributed by atoms with Crippen molar-refractivity contribution in [2.75, 3.05) is 14.2 Å². The molecule has 0 bridgehead atoms. The van der Waals surface area contributed by atoms with Crippen molar-refractivity contribution in [3.63, 3.8) is 0 Å². The van der Waals surface area contributed by atoms with Gasteiger partial charge >= 0.3 is 11.9 Å². The van der Waals surface area contributed by atoms with Gasteiger partial charge in [0.2, 0.25) is 0 Å². The van der Waals surface area contributed by atoms with Crippen LogP contribution in [-0.2, 0) is 12.8 Å². The second kappa shape index (κ2) is 15.8. The number of esters is 2. The molecule has 7 rings (SSSR count). The molecule has 0 amide bonds. The number of halogens is 2. The number of ether oxygens (including phenoxy) is 6. The van der Waals surface area contributed by atoms with Crippen molar-refractivity contribution in [3.05, 3.63) is 116 Å². The van der Waals surface area contributed by atoms with Crippen LogP contribution in [0.3, 0.4) is 0 Å². The van der Waals surface area contributed by atoms with Gasteiger partial charge in [0.1, 0.15) is 32.1 Å². The third-order valence-electron chi connectivity index (χ3n) is 9.05. The fourth-order valence-corrected chi connectivity index (χ4v) is 6.55. The lowest BCUT2D eigenvalue weighted by atomic mass is 10.1. The molecule has 5 aromatic rings. The summed E-state index contributed by atoms with van der Waals surface area (Å²) in [7, 11) is 2.91. The Morgan fingerprint density at radius 2 is 0.981 bits per heavy atom. The molecule has 0 atom stereocenters. The monoisotopic (exact) mass is 766 g/mol. The molecule has 2 aliphatic heterocycles. The van der Waals surface area contributed by atoms with Gasteiger partial charge < -0.3 is 28.4 Å². The zero-order valence-electron chi connectivity index (χ0n) is 30.1. The van der Waals surface area contributed by atoms with Gasteiger partial charge in [0.15, 0.2) is 46.0 Å². The van der Waals surface area contributed by atoms with Gasteiger partial charge in [-0.1, -0.05) is 74.2 Å². The van der Waals surface area contributed by atoms with E-state index in [2.05, 4.69) is 13.8 Å². The first kappa shape index (κ1) is 36.8. The Bertz CT molecular complexity index is 2230. The van der Waals surface area contributed by atoms with Crippen LogP contribution in [0.25, 0.3) is 0 Å². The number of methoxy groups -OCH3 is 2. The van der Waals surface area contributed by atoms with Crippen LogP contribution in [0.5, 0.6) is 46.0 Å². The summed E-state index contributed by atoms with van der Waals surface area (Å²) in [4.78, 5) is 35.7. The normalized spacial score (nSPS) is 12.0. The summed E-state index contributed by atoms with van der Waals surface area (Å²) >= 11 is 13.8. The van der Waals surface area contributed by atoms with E-state index in [1.54, 1.807) is 36.4 Å². The Kier molecular flexibility index (Phi) is 10.8. The van der Waals surface area contributed by atoms with Crippen LogP contribution >= 0.6 is 23.2 Å². The highest BCUT2D eigenvalue weighted by atomic mass is 35.5. The molecule has 2 aliphatic rings. The molecule has 0 aliphatic carbocycles. The van der Waals surface area contributed by atoms with Gasteiger partial charge in [-0.15, -0.1) is 0 Å². The van der Waals surface area contributed by atoms with E-state index in [4.69, 9.17) is 61.6 Å². The lowest BCUT2D eigenvalue weighted by Gasteiger charge is -2.22. The Morgan fingerprint density at radius 3 is 1.33 bits per heavy atom. The molecule has 0 fully saturated rings. The largest absolute Gasteiger partial charge is 0.493 e. The molecule has 0 aromatic heterocycles. The summed E-state index contributed by atoms with van der Waals surface area (Å²) in [6, 6.07) is 20.8. The van der Waals surface area contributed by atoms with Crippen LogP contribution in [0.4, 0.5) is 11.4 Å². The van der Waals surface area contributed by atoms with Gasteiger partial charge in [-0.2, -0.15) is 0 Å². The minimum Gasteiger partial charge on any atom is -0.493 e. The third-order valence-corrected chi connectivity index (χ3v) is 9.75. The molecule has 0 saturated carbocycles. The lowest BCUT2D eigenvalue weighted by molar-refractivity contribution is 0.0720. The molecule has 2 heterocycles. The Hall–Kier alpha value is -5.58. The highest BCUT2D eigenvalue weighted by Gasteiger charge is 2.29. The third kappa shape index (κ3) is 7.31. The molecule has 0 N–H and O–H groups in total. The average molecular weight is 768 g/mol. The van der Waals surface area contributed by atoms with E-state index in [9.17, 15) is 9.59 Å². The maximum Gasteiger partial charge on any atom is 0.343 e. The van der Waals surface area contributed by atoms with E-state index in [-0.39, 0.29) is 66.8 Å². The first-order valence-electron chi connectivity index (χ1n) is 17.6. The quantitative estimate of drug-likeness (QED) is 0.0892. The predicted octanol–water partition coefficient (Wildman–Crippen LogP) is 10.2. The summed E-state index contributed by atoms with van der Waals surface area (Å²) in [6.45, 7) is 4.27. The highest BCUT2D eigenvalue weighted by Crippen LogP contribution is 2.48. The van der Waals surface area contributed by atoms with E-state index < -0.39 is 11.9 Å². The minimum atomic E-state index is -0.555. The zero-order valence-corrected chi connectivity index (χ0v) is 31.6. The van der Waals surface area contributed by atoms with Crippen LogP contribution < -0.4 is 39.1 Å². The van der Waals surface area contributed by atoms with Gasteiger partial charge in [0, 0.05) is 24.3 Å². The van der Waals surface area contributed by atoms with Gasteiger partial charge in [0.25, 0.3) is 0 Å². The highest BCUT2D eigenvalue weighted by molar-refractivity contribution is 6.35. The van der Waals surface area contributed by atoms with E-state index in [1.807, 2.05) is 24.3 Å². The van der Waals surface area contributed by atoms with Crippen molar-refractivity contribution in [1.82, 2.24) is 0 Å². The molecule has 0 radical (unpaired) electrons. The second-order valence-corrected chi connectivity index (χ2v) is 13.5. The number of fused-ring (bicyclic) bond motifs is 4. The van der Waals surface area contributed by atoms with Crippen molar-refractivity contribution >= 4 is 46.5 Å². The van der Waals surface area contributed by atoms with Crippen LogP contribution in [0.1, 0.15) is 71.4 Å². The molecule has 0 saturated heterocycles. The summed E-state index contributed by atoms with van der Waals surface area (Å²) in [5.41, 5.74) is 3.72.